The van der Waals surface area contributed by atoms with Gasteiger partial charge in [-0.1, -0.05) is 12.1 Å². The average Bonchev–Trinajstić information content (AvgIpc) is 3.20. The van der Waals surface area contributed by atoms with Crippen molar-refractivity contribution in [3.05, 3.63) is 53.7 Å². The highest BCUT2D eigenvalue weighted by atomic mass is 19.1. The summed E-state index contributed by atoms with van der Waals surface area (Å²) in [6.07, 6.45) is 4.13. The molecule has 1 fully saturated rings. The lowest BCUT2D eigenvalue weighted by molar-refractivity contribution is 0.624. The number of aryl methyl sites for hydroxylation is 1. The van der Waals surface area contributed by atoms with Gasteiger partial charge in [0.05, 0.1) is 0 Å². The summed E-state index contributed by atoms with van der Waals surface area (Å²) < 4.78 is 13.3. The molecule has 0 bridgehead atoms. The Hall–Kier alpha value is -1.97. The summed E-state index contributed by atoms with van der Waals surface area (Å²) in [5.74, 6) is 1.51. The van der Waals surface area contributed by atoms with Crippen molar-refractivity contribution in [2.75, 3.05) is 4.90 Å². The van der Waals surface area contributed by atoms with Crippen LogP contribution in [0.2, 0.25) is 0 Å². The predicted octanol–water partition coefficient (Wildman–Crippen LogP) is 3.09. The van der Waals surface area contributed by atoms with Crippen molar-refractivity contribution in [3.63, 3.8) is 0 Å². The Morgan fingerprint density at radius 3 is 2.84 bits per heavy atom. The highest BCUT2D eigenvalue weighted by Gasteiger charge is 2.30. The smallest absolute Gasteiger partial charge is 0.132 e. The Morgan fingerprint density at radius 1 is 1.32 bits per heavy atom. The maximum atomic E-state index is 13.3. The number of nitrogens with zero attached hydrogens (tertiary/aromatic N) is 3. The second-order valence-electron chi connectivity index (χ2n) is 4.95. The van der Waals surface area contributed by atoms with Crippen LogP contribution in [0.4, 0.5) is 10.2 Å². The molecule has 0 N–H and O–H groups in total. The molecule has 1 aromatic heterocycles. The zero-order valence-electron chi connectivity index (χ0n) is 10.9. The quantitative estimate of drug-likeness (QED) is 0.842. The van der Waals surface area contributed by atoms with Crippen LogP contribution in [-0.4, -0.2) is 16.0 Å². The summed E-state index contributed by atoms with van der Waals surface area (Å²) >= 11 is 0. The lowest BCUT2D eigenvalue weighted by Gasteiger charge is -2.23. The predicted molar refractivity (Wildman–Crippen MR) is 72.4 cm³/mol. The zero-order chi connectivity index (χ0) is 13.2. The monoisotopic (exact) mass is 257 g/mol. The van der Waals surface area contributed by atoms with Gasteiger partial charge in [0.15, 0.2) is 0 Å². The second-order valence-corrected chi connectivity index (χ2v) is 4.95. The Kier molecular flexibility index (Phi) is 3.15. The number of hydrogen-bond acceptors (Lipinski definition) is 3. The van der Waals surface area contributed by atoms with Gasteiger partial charge >= 0.3 is 0 Å². The van der Waals surface area contributed by atoms with E-state index in [4.69, 9.17) is 0 Å². The third-order valence-corrected chi connectivity index (χ3v) is 3.29. The molecule has 1 saturated carbocycles. The molecule has 2 aromatic rings. The van der Waals surface area contributed by atoms with Crippen LogP contribution in [-0.2, 0) is 6.54 Å². The topological polar surface area (TPSA) is 29.0 Å². The van der Waals surface area contributed by atoms with E-state index in [0.29, 0.717) is 12.6 Å². The molecule has 1 aromatic carbocycles. The van der Waals surface area contributed by atoms with Crippen molar-refractivity contribution < 1.29 is 4.39 Å². The van der Waals surface area contributed by atoms with Gasteiger partial charge in [-0.05, 0) is 43.5 Å². The summed E-state index contributed by atoms with van der Waals surface area (Å²) in [6.45, 7) is 2.58. The molecule has 98 valence electrons. The Labute approximate surface area is 112 Å². The molecule has 3 nitrogen and oxygen atoms in total. The first kappa shape index (κ1) is 12.1. The molecule has 0 atom stereocenters. The third-order valence-electron chi connectivity index (χ3n) is 3.29. The standard InChI is InChI=1S/C15H16FN3/c1-11-17-8-7-15(18-11)19(14-5-6-14)10-12-3-2-4-13(16)9-12/h2-4,7-9,14H,5-6,10H2,1H3. The van der Waals surface area contributed by atoms with Gasteiger partial charge in [-0.2, -0.15) is 0 Å². The highest BCUT2D eigenvalue weighted by molar-refractivity contribution is 5.42. The summed E-state index contributed by atoms with van der Waals surface area (Å²) in [5, 5.41) is 0. The van der Waals surface area contributed by atoms with Crippen molar-refractivity contribution in [3.8, 4) is 0 Å². The normalized spacial score (nSPS) is 14.4. The number of anilines is 1. The van der Waals surface area contributed by atoms with E-state index in [9.17, 15) is 4.39 Å². The first-order chi connectivity index (χ1) is 9.22. The molecule has 0 unspecified atom stereocenters. The van der Waals surface area contributed by atoms with Crippen LogP contribution < -0.4 is 4.90 Å². The lowest BCUT2D eigenvalue weighted by Crippen LogP contribution is -2.26. The van der Waals surface area contributed by atoms with Crippen LogP contribution in [0.3, 0.4) is 0 Å². The summed E-state index contributed by atoms with van der Waals surface area (Å²) in [5.41, 5.74) is 0.975. The minimum absolute atomic E-state index is 0.188. The Morgan fingerprint density at radius 2 is 2.16 bits per heavy atom. The van der Waals surface area contributed by atoms with Gasteiger partial charge in [-0.25, -0.2) is 14.4 Å². The maximum absolute atomic E-state index is 13.3. The Bertz CT molecular complexity index is 581. The first-order valence-corrected chi connectivity index (χ1v) is 6.53. The molecule has 0 spiro atoms. The second kappa shape index (κ2) is 4.96. The first-order valence-electron chi connectivity index (χ1n) is 6.53. The minimum atomic E-state index is -0.188. The van der Waals surface area contributed by atoms with Crippen molar-refractivity contribution >= 4 is 5.82 Å². The molecule has 1 aliphatic carbocycles. The van der Waals surface area contributed by atoms with Crippen LogP contribution in [0.25, 0.3) is 0 Å². The summed E-state index contributed by atoms with van der Waals surface area (Å²) in [6, 6.07) is 9.21. The molecule has 1 heterocycles. The van der Waals surface area contributed by atoms with Crippen LogP contribution in [0, 0.1) is 12.7 Å². The number of rotatable bonds is 4. The van der Waals surface area contributed by atoms with Crippen molar-refractivity contribution in [2.45, 2.75) is 32.4 Å². The van der Waals surface area contributed by atoms with E-state index < -0.39 is 0 Å². The molecule has 3 rings (SSSR count). The third kappa shape index (κ3) is 2.89. The van der Waals surface area contributed by atoms with Gasteiger partial charge in [0.25, 0.3) is 0 Å². The number of hydrogen-bond donors (Lipinski definition) is 0. The van der Waals surface area contributed by atoms with Gasteiger partial charge in [-0.15, -0.1) is 0 Å². The zero-order valence-corrected chi connectivity index (χ0v) is 10.9. The van der Waals surface area contributed by atoms with E-state index >= 15 is 0 Å². The van der Waals surface area contributed by atoms with Gasteiger partial charge in [0.1, 0.15) is 17.5 Å². The van der Waals surface area contributed by atoms with E-state index in [0.717, 1.165) is 17.2 Å². The van der Waals surface area contributed by atoms with Crippen molar-refractivity contribution in [1.29, 1.82) is 0 Å². The fraction of sp³-hybridized carbons (Fsp3) is 0.333. The van der Waals surface area contributed by atoms with Crippen LogP contribution >= 0.6 is 0 Å². The van der Waals surface area contributed by atoms with E-state index in [1.165, 1.54) is 18.9 Å². The average molecular weight is 257 g/mol. The molecule has 0 aliphatic heterocycles. The molecule has 19 heavy (non-hydrogen) atoms. The maximum Gasteiger partial charge on any atom is 0.132 e. The van der Waals surface area contributed by atoms with Gasteiger partial charge in [0.2, 0.25) is 0 Å². The summed E-state index contributed by atoms with van der Waals surface area (Å²) in [7, 11) is 0. The van der Waals surface area contributed by atoms with E-state index in [-0.39, 0.29) is 5.82 Å². The minimum Gasteiger partial charge on any atom is -0.349 e. The Balaban J connectivity index is 1.86. The molecular weight excluding hydrogens is 241 g/mol. The van der Waals surface area contributed by atoms with Gasteiger partial charge in [-0.3, -0.25) is 0 Å². The van der Waals surface area contributed by atoms with Crippen LogP contribution in [0.1, 0.15) is 24.2 Å². The lowest BCUT2D eigenvalue weighted by atomic mass is 10.2. The molecular formula is C15H16FN3. The molecule has 0 amide bonds. The molecule has 0 radical (unpaired) electrons. The largest absolute Gasteiger partial charge is 0.349 e. The van der Waals surface area contributed by atoms with E-state index in [1.54, 1.807) is 18.3 Å². The molecule has 0 saturated heterocycles. The highest BCUT2D eigenvalue weighted by Crippen LogP contribution is 2.31. The van der Waals surface area contributed by atoms with Gasteiger partial charge in [0, 0.05) is 18.8 Å². The fourth-order valence-electron chi connectivity index (χ4n) is 2.22. The van der Waals surface area contributed by atoms with E-state index in [1.807, 2.05) is 19.1 Å². The van der Waals surface area contributed by atoms with Gasteiger partial charge < -0.3 is 4.90 Å². The van der Waals surface area contributed by atoms with Crippen molar-refractivity contribution in [1.82, 2.24) is 9.97 Å². The SMILES string of the molecule is Cc1nccc(N(Cc2cccc(F)c2)C2CC2)n1. The number of halogens is 1. The van der Waals surface area contributed by atoms with E-state index in [2.05, 4.69) is 14.9 Å². The van der Waals surface area contributed by atoms with Crippen LogP contribution in [0.5, 0.6) is 0 Å². The summed E-state index contributed by atoms with van der Waals surface area (Å²) in [4.78, 5) is 10.8. The number of benzene rings is 1. The molecule has 1 aliphatic rings. The molecule has 4 heteroatoms. The van der Waals surface area contributed by atoms with Crippen molar-refractivity contribution in [2.24, 2.45) is 0 Å². The van der Waals surface area contributed by atoms with Crippen LogP contribution in [0.15, 0.2) is 36.5 Å². The fourth-order valence-corrected chi connectivity index (χ4v) is 2.22. The number of aromatic nitrogens is 2.